The third kappa shape index (κ3) is 6.58. The first-order chi connectivity index (χ1) is 13.5. The van der Waals surface area contributed by atoms with Gasteiger partial charge in [-0.2, -0.15) is 0 Å². The Hall–Kier alpha value is -3.08. The van der Waals surface area contributed by atoms with Crippen molar-refractivity contribution in [1.29, 1.82) is 0 Å². The summed E-state index contributed by atoms with van der Waals surface area (Å²) in [6, 6.07) is 15.1. The number of carbonyl (C=O) groups is 2. The van der Waals surface area contributed by atoms with Crippen molar-refractivity contribution in [2.75, 3.05) is 25.0 Å². The number of ether oxygens (including phenoxy) is 1. The van der Waals surface area contributed by atoms with E-state index in [0.29, 0.717) is 13.2 Å². The van der Waals surface area contributed by atoms with Crippen molar-refractivity contribution in [3.05, 3.63) is 65.7 Å². The third-order valence-corrected chi connectivity index (χ3v) is 4.17. The highest BCUT2D eigenvalue weighted by Gasteiger charge is 2.15. The minimum absolute atomic E-state index is 0.0224. The van der Waals surface area contributed by atoms with Crippen molar-refractivity contribution >= 4 is 23.6 Å². The van der Waals surface area contributed by atoms with Crippen LogP contribution in [0, 0.1) is 6.92 Å². The average molecular weight is 380 g/mol. The second kappa shape index (κ2) is 10.9. The van der Waals surface area contributed by atoms with Crippen LogP contribution in [0.4, 0.5) is 5.69 Å². The van der Waals surface area contributed by atoms with Gasteiger partial charge in [0.25, 0.3) is 0 Å². The standard InChI is InChI=1S/C23H28N2O3/c1-4-16-25(17-22(26)24-21-9-7-6-8-18(21)3)23(27)15-12-19-10-13-20(14-11-19)28-5-2/h6-15H,4-5,16-17H2,1-3H3,(H,24,26)/b15-12+. The van der Waals surface area contributed by atoms with Crippen molar-refractivity contribution in [2.24, 2.45) is 0 Å². The Morgan fingerprint density at radius 2 is 1.79 bits per heavy atom. The first-order valence-corrected chi connectivity index (χ1v) is 9.58. The summed E-state index contributed by atoms with van der Waals surface area (Å²) in [5, 5.41) is 2.88. The van der Waals surface area contributed by atoms with Gasteiger partial charge in [-0.25, -0.2) is 0 Å². The lowest BCUT2D eigenvalue weighted by atomic mass is 10.2. The molecule has 0 aliphatic heterocycles. The highest BCUT2D eigenvalue weighted by Crippen LogP contribution is 2.14. The molecule has 0 aliphatic carbocycles. The molecule has 2 amide bonds. The van der Waals surface area contributed by atoms with E-state index in [-0.39, 0.29) is 18.4 Å². The smallest absolute Gasteiger partial charge is 0.247 e. The van der Waals surface area contributed by atoms with Gasteiger partial charge in [-0.05, 0) is 55.7 Å². The fourth-order valence-electron chi connectivity index (χ4n) is 2.73. The largest absolute Gasteiger partial charge is 0.494 e. The molecule has 0 aliphatic rings. The summed E-state index contributed by atoms with van der Waals surface area (Å²) in [6.45, 7) is 7.01. The van der Waals surface area contributed by atoms with Crippen molar-refractivity contribution < 1.29 is 14.3 Å². The van der Waals surface area contributed by atoms with E-state index < -0.39 is 0 Å². The predicted molar refractivity (Wildman–Crippen MR) is 113 cm³/mol. The SMILES string of the molecule is CCCN(CC(=O)Nc1ccccc1C)C(=O)/C=C/c1ccc(OCC)cc1. The fourth-order valence-corrected chi connectivity index (χ4v) is 2.73. The topological polar surface area (TPSA) is 58.6 Å². The monoisotopic (exact) mass is 380 g/mol. The van der Waals surface area contributed by atoms with E-state index in [1.807, 2.05) is 69.3 Å². The van der Waals surface area contributed by atoms with E-state index in [2.05, 4.69) is 5.32 Å². The maximum absolute atomic E-state index is 12.6. The highest BCUT2D eigenvalue weighted by atomic mass is 16.5. The second-order valence-corrected chi connectivity index (χ2v) is 6.46. The number of benzene rings is 2. The van der Waals surface area contributed by atoms with Gasteiger partial charge in [-0.1, -0.05) is 37.3 Å². The summed E-state index contributed by atoms with van der Waals surface area (Å²) in [7, 11) is 0. The first kappa shape index (κ1) is 21.2. The molecule has 2 rings (SSSR count). The molecule has 1 N–H and O–H groups in total. The van der Waals surface area contributed by atoms with E-state index in [0.717, 1.165) is 29.0 Å². The third-order valence-electron chi connectivity index (χ3n) is 4.17. The molecule has 0 spiro atoms. The Bertz CT molecular complexity index is 813. The molecule has 0 saturated heterocycles. The number of para-hydroxylation sites is 1. The maximum atomic E-state index is 12.6. The molecule has 0 aromatic heterocycles. The minimum atomic E-state index is -0.203. The van der Waals surface area contributed by atoms with Gasteiger partial charge in [-0.3, -0.25) is 9.59 Å². The molecule has 28 heavy (non-hydrogen) atoms. The Morgan fingerprint density at radius 3 is 2.43 bits per heavy atom. The van der Waals surface area contributed by atoms with Crippen LogP contribution in [0.3, 0.4) is 0 Å². The number of amides is 2. The molecular formula is C23H28N2O3. The summed E-state index contributed by atoms with van der Waals surface area (Å²) >= 11 is 0. The molecule has 0 bridgehead atoms. The first-order valence-electron chi connectivity index (χ1n) is 9.58. The molecule has 2 aromatic carbocycles. The lowest BCUT2D eigenvalue weighted by Crippen LogP contribution is -2.37. The lowest BCUT2D eigenvalue weighted by molar-refractivity contribution is -0.130. The number of rotatable bonds is 9. The molecule has 0 unspecified atom stereocenters. The van der Waals surface area contributed by atoms with E-state index in [4.69, 9.17) is 4.74 Å². The maximum Gasteiger partial charge on any atom is 0.247 e. The molecule has 148 valence electrons. The average Bonchev–Trinajstić information content (AvgIpc) is 2.69. The number of aryl methyl sites for hydroxylation is 1. The van der Waals surface area contributed by atoms with Crippen molar-refractivity contribution in [1.82, 2.24) is 4.90 Å². The van der Waals surface area contributed by atoms with E-state index >= 15 is 0 Å². The number of nitrogens with one attached hydrogen (secondary N) is 1. The number of hydrogen-bond donors (Lipinski definition) is 1. The van der Waals surface area contributed by atoms with Crippen LogP contribution in [-0.2, 0) is 9.59 Å². The summed E-state index contributed by atoms with van der Waals surface area (Å²) in [4.78, 5) is 26.5. The Morgan fingerprint density at radius 1 is 1.07 bits per heavy atom. The summed E-state index contributed by atoms with van der Waals surface area (Å²) in [5.41, 5.74) is 2.65. The van der Waals surface area contributed by atoms with E-state index in [1.54, 1.807) is 11.0 Å². The molecule has 0 radical (unpaired) electrons. The van der Waals surface area contributed by atoms with Crippen molar-refractivity contribution in [3.63, 3.8) is 0 Å². The number of nitrogens with zero attached hydrogens (tertiary/aromatic N) is 1. The number of hydrogen-bond acceptors (Lipinski definition) is 3. The van der Waals surface area contributed by atoms with Crippen LogP contribution in [0.25, 0.3) is 6.08 Å². The second-order valence-electron chi connectivity index (χ2n) is 6.46. The minimum Gasteiger partial charge on any atom is -0.494 e. The van der Waals surface area contributed by atoms with Crippen LogP contribution in [-0.4, -0.2) is 36.4 Å². The van der Waals surface area contributed by atoms with Crippen LogP contribution in [0.5, 0.6) is 5.75 Å². The summed E-state index contributed by atoms with van der Waals surface area (Å²) in [5.74, 6) is 0.410. The van der Waals surface area contributed by atoms with Gasteiger partial charge in [0.15, 0.2) is 0 Å². The summed E-state index contributed by atoms with van der Waals surface area (Å²) < 4.78 is 5.41. The van der Waals surface area contributed by atoms with Gasteiger partial charge in [-0.15, -0.1) is 0 Å². The molecule has 0 atom stereocenters. The molecular weight excluding hydrogens is 352 g/mol. The van der Waals surface area contributed by atoms with Gasteiger partial charge < -0.3 is 15.0 Å². The zero-order valence-corrected chi connectivity index (χ0v) is 16.8. The molecule has 0 fully saturated rings. The molecule has 5 heteroatoms. The lowest BCUT2D eigenvalue weighted by Gasteiger charge is -2.20. The van der Waals surface area contributed by atoms with Crippen molar-refractivity contribution in [2.45, 2.75) is 27.2 Å². The van der Waals surface area contributed by atoms with Gasteiger partial charge in [0.1, 0.15) is 12.3 Å². The van der Waals surface area contributed by atoms with Gasteiger partial charge >= 0.3 is 0 Å². The zero-order chi connectivity index (χ0) is 20.4. The van der Waals surface area contributed by atoms with E-state index in [1.165, 1.54) is 6.08 Å². The van der Waals surface area contributed by atoms with Crippen molar-refractivity contribution in [3.8, 4) is 5.75 Å². The van der Waals surface area contributed by atoms with Gasteiger partial charge in [0, 0.05) is 18.3 Å². The molecule has 0 heterocycles. The normalized spacial score (nSPS) is 10.7. The van der Waals surface area contributed by atoms with Crippen LogP contribution >= 0.6 is 0 Å². The fraction of sp³-hybridized carbons (Fsp3) is 0.304. The predicted octanol–water partition coefficient (Wildman–Crippen LogP) is 4.28. The highest BCUT2D eigenvalue weighted by molar-refractivity contribution is 5.98. The molecule has 0 saturated carbocycles. The Labute approximate surface area is 167 Å². The quantitative estimate of drug-likeness (QED) is 0.661. The number of anilines is 1. The number of carbonyl (C=O) groups excluding carboxylic acids is 2. The Balaban J connectivity index is 1.98. The summed E-state index contributed by atoms with van der Waals surface area (Å²) in [6.07, 6.45) is 4.03. The molecule has 5 nitrogen and oxygen atoms in total. The zero-order valence-electron chi connectivity index (χ0n) is 16.8. The van der Waals surface area contributed by atoms with Crippen LogP contribution in [0.15, 0.2) is 54.6 Å². The van der Waals surface area contributed by atoms with Gasteiger partial charge in [0.05, 0.1) is 6.61 Å². The van der Waals surface area contributed by atoms with Crippen LogP contribution in [0.1, 0.15) is 31.4 Å². The van der Waals surface area contributed by atoms with E-state index in [9.17, 15) is 9.59 Å². The van der Waals surface area contributed by atoms with Gasteiger partial charge in [0.2, 0.25) is 11.8 Å². The van der Waals surface area contributed by atoms with Crippen LogP contribution in [0.2, 0.25) is 0 Å². The van der Waals surface area contributed by atoms with Crippen LogP contribution < -0.4 is 10.1 Å². The molecule has 2 aromatic rings. The Kier molecular flexibility index (Phi) is 8.28.